The summed E-state index contributed by atoms with van der Waals surface area (Å²) in [5, 5.41) is 2.93. The van der Waals surface area contributed by atoms with Gasteiger partial charge in [0.2, 0.25) is 11.8 Å². The number of hydrogen-bond acceptors (Lipinski definition) is 4. The normalized spacial score (nSPS) is 11.3. The number of anilines is 1. The Morgan fingerprint density at radius 1 is 1.29 bits per heavy atom. The number of hydrogen-bond donors (Lipinski definition) is 1. The predicted octanol–water partition coefficient (Wildman–Crippen LogP) is 4.14. The Labute approximate surface area is 124 Å². The Kier molecular flexibility index (Phi) is 4.40. The Balaban J connectivity index is 2.27. The van der Waals surface area contributed by atoms with E-state index in [9.17, 15) is 4.39 Å². The van der Waals surface area contributed by atoms with Gasteiger partial charge in [-0.25, -0.2) is 4.98 Å². The second-order valence-corrected chi connectivity index (χ2v) is 5.76. The van der Waals surface area contributed by atoms with Crippen molar-refractivity contribution in [2.75, 3.05) is 11.9 Å². The van der Waals surface area contributed by atoms with Gasteiger partial charge in [-0.15, -0.1) is 0 Å². The van der Waals surface area contributed by atoms with E-state index >= 15 is 0 Å². The first-order valence-corrected chi connectivity index (χ1v) is 6.95. The molecule has 0 fully saturated rings. The van der Waals surface area contributed by atoms with Crippen molar-refractivity contribution in [1.82, 2.24) is 9.97 Å². The zero-order valence-electron chi connectivity index (χ0n) is 12.8. The zero-order valence-corrected chi connectivity index (χ0v) is 12.8. The lowest BCUT2D eigenvalue weighted by Gasteiger charge is -2.19. The van der Waals surface area contributed by atoms with Crippen molar-refractivity contribution in [3.63, 3.8) is 0 Å². The summed E-state index contributed by atoms with van der Waals surface area (Å²) in [6.45, 7) is 8.91. The van der Waals surface area contributed by atoms with Crippen LogP contribution in [0.1, 0.15) is 33.3 Å². The Hall–Kier alpha value is -2.17. The molecule has 0 spiro atoms. The molecular weight excluding hydrogens is 269 g/mol. The number of rotatable bonds is 4. The molecule has 0 atom stereocenters. The molecule has 1 aromatic heterocycles. The fourth-order valence-corrected chi connectivity index (χ4v) is 1.80. The van der Waals surface area contributed by atoms with E-state index in [0.29, 0.717) is 18.2 Å². The lowest BCUT2D eigenvalue weighted by molar-refractivity contribution is 0.419. The van der Waals surface area contributed by atoms with Gasteiger partial charge in [0.15, 0.2) is 0 Å². The fraction of sp³-hybridized carbons (Fsp3) is 0.375. The number of halogens is 1. The molecule has 0 saturated heterocycles. The minimum Gasteiger partial charge on any atom is -0.436 e. The van der Waals surface area contributed by atoms with Gasteiger partial charge in [-0.3, -0.25) is 0 Å². The van der Waals surface area contributed by atoms with Crippen LogP contribution in [0.2, 0.25) is 0 Å². The topological polar surface area (TPSA) is 47.0 Å². The highest BCUT2D eigenvalue weighted by atomic mass is 19.1. The Bertz CT molecular complexity index is 623. The molecule has 0 amide bonds. The van der Waals surface area contributed by atoms with Crippen LogP contribution in [0.5, 0.6) is 11.6 Å². The number of benzene rings is 1. The third-order valence-electron chi connectivity index (χ3n) is 2.96. The highest BCUT2D eigenvalue weighted by Crippen LogP contribution is 2.28. The minimum absolute atomic E-state index is 0.00148. The molecule has 2 rings (SSSR count). The molecule has 0 radical (unpaired) electrons. The highest BCUT2D eigenvalue weighted by Gasteiger charge is 2.15. The number of aromatic nitrogens is 2. The van der Waals surface area contributed by atoms with Crippen molar-refractivity contribution in [2.24, 2.45) is 0 Å². The Morgan fingerprint density at radius 2 is 2.05 bits per heavy atom. The molecule has 0 saturated carbocycles. The number of ether oxygens (including phenoxy) is 1. The first-order chi connectivity index (χ1) is 9.90. The van der Waals surface area contributed by atoms with E-state index in [1.54, 1.807) is 6.07 Å². The van der Waals surface area contributed by atoms with E-state index in [4.69, 9.17) is 4.74 Å². The molecule has 0 aliphatic carbocycles. The summed E-state index contributed by atoms with van der Waals surface area (Å²) in [6.07, 6.45) is 1.11. The van der Waals surface area contributed by atoms with Crippen molar-refractivity contribution >= 4 is 5.95 Å². The molecule has 21 heavy (non-hydrogen) atoms. The van der Waals surface area contributed by atoms with Crippen LogP contribution >= 0.6 is 0 Å². The summed E-state index contributed by atoms with van der Waals surface area (Å²) in [7, 11) is 0. The van der Waals surface area contributed by atoms with Crippen molar-refractivity contribution in [3.8, 4) is 11.6 Å². The van der Waals surface area contributed by atoms with Gasteiger partial charge in [-0.1, -0.05) is 32.9 Å². The fourth-order valence-electron chi connectivity index (χ4n) is 1.80. The maximum Gasteiger partial charge on any atom is 0.260 e. The molecule has 0 bridgehead atoms. The molecule has 2 aromatic rings. The number of nitrogens with one attached hydrogen (secondary N) is 1. The molecule has 1 N–H and O–H groups in total. The van der Waals surface area contributed by atoms with Gasteiger partial charge in [0.1, 0.15) is 5.75 Å². The van der Waals surface area contributed by atoms with Crippen molar-refractivity contribution < 1.29 is 9.13 Å². The monoisotopic (exact) mass is 289 g/mol. The standard InChI is InChI=1S/C16H20FN3O/c1-5-18-15-19-10-13(17)14(20-15)21-12-8-6-7-11(9-12)16(2,3)4/h6-10H,5H2,1-4H3,(H,18,19,20). The summed E-state index contributed by atoms with van der Waals surface area (Å²) in [6, 6.07) is 7.59. The molecule has 0 aliphatic rings. The van der Waals surface area contributed by atoms with Crippen LogP contribution in [0, 0.1) is 5.82 Å². The van der Waals surface area contributed by atoms with Gasteiger partial charge in [-0.2, -0.15) is 9.37 Å². The minimum atomic E-state index is -0.585. The van der Waals surface area contributed by atoms with Gasteiger partial charge in [0.05, 0.1) is 6.20 Å². The first-order valence-electron chi connectivity index (χ1n) is 6.95. The summed E-state index contributed by atoms with van der Waals surface area (Å²) >= 11 is 0. The summed E-state index contributed by atoms with van der Waals surface area (Å²) < 4.78 is 19.3. The third-order valence-corrected chi connectivity index (χ3v) is 2.96. The molecule has 0 aliphatic heterocycles. The summed E-state index contributed by atoms with van der Waals surface area (Å²) in [5.41, 5.74) is 1.11. The first kappa shape index (κ1) is 15.2. The summed E-state index contributed by atoms with van der Waals surface area (Å²) in [5.74, 6) is 0.244. The van der Waals surface area contributed by atoms with E-state index in [2.05, 4.69) is 36.1 Å². The van der Waals surface area contributed by atoms with Gasteiger partial charge in [0.25, 0.3) is 5.88 Å². The molecule has 112 valence electrons. The smallest absolute Gasteiger partial charge is 0.260 e. The van der Waals surface area contributed by atoms with Gasteiger partial charge in [-0.05, 0) is 30.0 Å². The second-order valence-electron chi connectivity index (χ2n) is 5.76. The van der Waals surface area contributed by atoms with Crippen molar-refractivity contribution in [2.45, 2.75) is 33.1 Å². The largest absolute Gasteiger partial charge is 0.436 e. The van der Waals surface area contributed by atoms with Gasteiger partial charge >= 0.3 is 0 Å². The maximum atomic E-state index is 13.8. The lowest BCUT2D eigenvalue weighted by Crippen LogP contribution is -2.10. The van der Waals surface area contributed by atoms with Crippen LogP contribution < -0.4 is 10.1 Å². The Morgan fingerprint density at radius 3 is 2.71 bits per heavy atom. The molecule has 1 heterocycles. The van der Waals surface area contributed by atoms with E-state index in [1.165, 1.54) is 0 Å². The van der Waals surface area contributed by atoms with Crippen molar-refractivity contribution in [1.29, 1.82) is 0 Å². The van der Waals surface area contributed by atoms with Gasteiger partial charge < -0.3 is 10.1 Å². The maximum absolute atomic E-state index is 13.8. The van der Waals surface area contributed by atoms with Crippen LogP contribution in [0.4, 0.5) is 10.3 Å². The van der Waals surface area contributed by atoms with Crippen LogP contribution in [0.3, 0.4) is 0 Å². The second kappa shape index (κ2) is 6.08. The van der Waals surface area contributed by atoms with Crippen LogP contribution in [0.25, 0.3) is 0 Å². The lowest BCUT2D eigenvalue weighted by atomic mass is 9.87. The molecular formula is C16H20FN3O. The molecule has 1 aromatic carbocycles. The quantitative estimate of drug-likeness (QED) is 0.919. The van der Waals surface area contributed by atoms with Gasteiger partial charge in [0, 0.05) is 6.54 Å². The average Bonchev–Trinajstić information content (AvgIpc) is 2.42. The molecule has 4 nitrogen and oxygen atoms in total. The third kappa shape index (κ3) is 3.90. The van der Waals surface area contributed by atoms with E-state index in [0.717, 1.165) is 11.8 Å². The van der Waals surface area contributed by atoms with E-state index in [-0.39, 0.29) is 11.3 Å². The van der Waals surface area contributed by atoms with Crippen LogP contribution in [-0.4, -0.2) is 16.5 Å². The highest BCUT2D eigenvalue weighted by molar-refractivity contribution is 5.36. The van der Waals surface area contributed by atoms with E-state index in [1.807, 2.05) is 25.1 Å². The van der Waals surface area contributed by atoms with Crippen LogP contribution in [0.15, 0.2) is 30.5 Å². The molecule has 0 unspecified atom stereocenters. The number of nitrogens with zero attached hydrogens (tertiary/aromatic N) is 2. The SMILES string of the molecule is CCNc1ncc(F)c(Oc2cccc(C(C)(C)C)c2)n1. The summed E-state index contributed by atoms with van der Waals surface area (Å²) in [4.78, 5) is 7.88. The predicted molar refractivity (Wildman–Crippen MR) is 81.4 cm³/mol. The van der Waals surface area contributed by atoms with E-state index < -0.39 is 5.82 Å². The van der Waals surface area contributed by atoms with Crippen LogP contribution in [-0.2, 0) is 5.41 Å². The van der Waals surface area contributed by atoms with Crippen molar-refractivity contribution in [3.05, 3.63) is 41.8 Å². The molecule has 5 heteroatoms. The zero-order chi connectivity index (χ0) is 15.5. The average molecular weight is 289 g/mol.